The second-order valence-corrected chi connectivity index (χ2v) is 5.43. The van der Waals surface area contributed by atoms with Gasteiger partial charge in [-0.3, -0.25) is 4.79 Å². The molecule has 0 radical (unpaired) electrons. The molecule has 1 amide bonds. The van der Waals surface area contributed by atoms with E-state index in [1.54, 1.807) is 44.2 Å². The van der Waals surface area contributed by atoms with Crippen LogP contribution in [0.3, 0.4) is 0 Å². The van der Waals surface area contributed by atoms with Crippen molar-refractivity contribution in [3.63, 3.8) is 0 Å². The van der Waals surface area contributed by atoms with Crippen LogP contribution in [0.25, 0.3) is 6.08 Å². The van der Waals surface area contributed by atoms with Crippen LogP contribution in [0.1, 0.15) is 18.2 Å². The van der Waals surface area contributed by atoms with Crippen LogP contribution in [0.2, 0.25) is 0 Å². The van der Waals surface area contributed by atoms with Gasteiger partial charge in [0.05, 0.1) is 48.8 Å². The number of carbonyl (C=O) groups excluding carboxylic acids is 1. The van der Waals surface area contributed by atoms with E-state index in [0.29, 0.717) is 22.5 Å². The zero-order valence-corrected chi connectivity index (χ0v) is 14.3. The van der Waals surface area contributed by atoms with Gasteiger partial charge in [-0.2, -0.15) is 10.2 Å². The molecule has 134 valence electrons. The number of amides is 1. The SMILES string of the molecule is CC1=NN(CCO)C(=O)\C1=C/C=C/C=C/c1c(C)nn(CCO)c1O. The van der Waals surface area contributed by atoms with E-state index in [-0.39, 0.29) is 38.1 Å². The van der Waals surface area contributed by atoms with Gasteiger partial charge in [-0.15, -0.1) is 0 Å². The van der Waals surface area contributed by atoms with Crippen molar-refractivity contribution in [2.75, 3.05) is 19.8 Å². The third-order valence-corrected chi connectivity index (χ3v) is 3.64. The van der Waals surface area contributed by atoms with Gasteiger partial charge in [0, 0.05) is 0 Å². The van der Waals surface area contributed by atoms with Crippen molar-refractivity contribution < 1.29 is 20.1 Å². The zero-order valence-electron chi connectivity index (χ0n) is 14.3. The van der Waals surface area contributed by atoms with Gasteiger partial charge in [0.25, 0.3) is 5.91 Å². The van der Waals surface area contributed by atoms with E-state index in [2.05, 4.69) is 10.2 Å². The molecule has 0 bridgehead atoms. The van der Waals surface area contributed by atoms with E-state index in [1.807, 2.05) is 0 Å². The zero-order chi connectivity index (χ0) is 18.4. The summed E-state index contributed by atoms with van der Waals surface area (Å²) in [5.41, 5.74) is 2.32. The van der Waals surface area contributed by atoms with Gasteiger partial charge in [0.2, 0.25) is 5.88 Å². The first-order valence-electron chi connectivity index (χ1n) is 7.90. The number of aliphatic hydroxyl groups excluding tert-OH is 2. The molecule has 0 saturated heterocycles. The van der Waals surface area contributed by atoms with E-state index in [9.17, 15) is 9.90 Å². The van der Waals surface area contributed by atoms with Crippen molar-refractivity contribution in [2.24, 2.45) is 5.10 Å². The topological polar surface area (TPSA) is 111 Å². The number of rotatable bonds is 7. The van der Waals surface area contributed by atoms with Crippen LogP contribution >= 0.6 is 0 Å². The number of hydrazone groups is 1. The fraction of sp³-hybridized carbons (Fsp3) is 0.353. The molecule has 8 heteroatoms. The summed E-state index contributed by atoms with van der Waals surface area (Å²) in [6, 6.07) is 0. The Morgan fingerprint density at radius 3 is 2.48 bits per heavy atom. The Hall–Kier alpha value is -2.71. The van der Waals surface area contributed by atoms with Gasteiger partial charge < -0.3 is 15.3 Å². The lowest BCUT2D eigenvalue weighted by Gasteiger charge is -2.08. The standard InChI is InChI=1S/C17H22N4O4/c1-12-14(16(24)20(18-12)8-10-22)6-4-3-5-7-15-13(2)19-21(9-11-23)17(15)25/h3-7,22-24H,8-11H2,1-2H3/b5-3+,6-4+,15-7-. The van der Waals surface area contributed by atoms with Gasteiger partial charge >= 0.3 is 0 Å². The maximum Gasteiger partial charge on any atom is 0.275 e. The Kier molecular flexibility index (Phi) is 6.26. The molecule has 0 atom stereocenters. The van der Waals surface area contributed by atoms with E-state index in [4.69, 9.17) is 10.2 Å². The predicted molar refractivity (Wildman–Crippen MR) is 93.9 cm³/mol. The van der Waals surface area contributed by atoms with Crippen molar-refractivity contribution in [1.82, 2.24) is 14.8 Å². The molecule has 0 unspecified atom stereocenters. The molecule has 1 aliphatic rings. The molecule has 0 spiro atoms. The summed E-state index contributed by atoms with van der Waals surface area (Å²) in [5, 5.41) is 37.3. The minimum Gasteiger partial charge on any atom is -0.493 e. The fourth-order valence-corrected chi connectivity index (χ4v) is 2.41. The Balaban J connectivity index is 2.06. The Labute approximate surface area is 145 Å². The summed E-state index contributed by atoms with van der Waals surface area (Å²) >= 11 is 0. The Morgan fingerprint density at radius 1 is 1.08 bits per heavy atom. The van der Waals surface area contributed by atoms with Crippen LogP contribution in [0.5, 0.6) is 5.88 Å². The highest BCUT2D eigenvalue weighted by Gasteiger charge is 2.25. The van der Waals surface area contributed by atoms with Crippen LogP contribution in [0, 0.1) is 6.92 Å². The molecule has 2 heterocycles. The Bertz CT molecular complexity index is 759. The van der Waals surface area contributed by atoms with E-state index in [1.165, 1.54) is 9.69 Å². The highest BCUT2D eigenvalue weighted by molar-refractivity contribution is 6.23. The largest absolute Gasteiger partial charge is 0.493 e. The molecule has 25 heavy (non-hydrogen) atoms. The molecular formula is C17H22N4O4. The maximum absolute atomic E-state index is 12.1. The minimum absolute atomic E-state index is 0.00292. The summed E-state index contributed by atoms with van der Waals surface area (Å²) in [6.45, 7) is 3.67. The number of aromatic nitrogens is 2. The lowest BCUT2D eigenvalue weighted by molar-refractivity contribution is -0.126. The lowest BCUT2D eigenvalue weighted by Crippen LogP contribution is -2.25. The van der Waals surface area contributed by atoms with Crippen molar-refractivity contribution in [3.8, 4) is 5.88 Å². The average Bonchev–Trinajstić information content (AvgIpc) is 2.99. The molecule has 1 aromatic rings. The molecule has 2 rings (SSSR count). The summed E-state index contributed by atoms with van der Waals surface area (Å²) in [5.74, 6) is -0.234. The number of aryl methyl sites for hydroxylation is 1. The summed E-state index contributed by atoms with van der Waals surface area (Å²) < 4.78 is 1.34. The third-order valence-electron chi connectivity index (χ3n) is 3.64. The van der Waals surface area contributed by atoms with E-state index >= 15 is 0 Å². The second-order valence-electron chi connectivity index (χ2n) is 5.43. The number of nitrogens with zero attached hydrogens (tertiary/aromatic N) is 4. The van der Waals surface area contributed by atoms with Crippen LogP contribution in [-0.4, -0.2) is 61.5 Å². The molecule has 1 aromatic heterocycles. The Morgan fingerprint density at radius 2 is 1.80 bits per heavy atom. The van der Waals surface area contributed by atoms with Crippen LogP contribution in [0.15, 0.2) is 35.0 Å². The van der Waals surface area contributed by atoms with Crippen molar-refractivity contribution in [3.05, 3.63) is 41.1 Å². The molecule has 0 aromatic carbocycles. The highest BCUT2D eigenvalue weighted by atomic mass is 16.3. The first-order chi connectivity index (χ1) is 12.0. The maximum atomic E-state index is 12.1. The first-order valence-corrected chi connectivity index (χ1v) is 7.90. The first kappa shape index (κ1) is 18.6. The number of hydrogen-bond acceptors (Lipinski definition) is 6. The monoisotopic (exact) mass is 346 g/mol. The second kappa shape index (κ2) is 8.41. The van der Waals surface area contributed by atoms with Crippen molar-refractivity contribution >= 4 is 17.7 Å². The minimum atomic E-state index is -0.237. The number of aromatic hydroxyl groups is 1. The van der Waals surface area contributed by atoms with Gasteiger partial charge in [0.1, 0.15) is 0 Å². The van der Waals surface area contributed by atoms with Crippen LogP contribution < -0.4 is 0 Å². The molecule has 3 N–H and O–H groups in total. The van der Waals surface area contributed by atoms with Gasteiger partial charge in [0.15, 0.2) is 0 Å². The predicted octanol–water partition coefficient (Wildman–Crippen LogP) is 0.596. The summed E-state index contributed by atoms with van der Waals surface area (Å²) in [6.07, 6.45) is 8.52. The summed E-state index contributed by atoms with van der Waals surface area (Å²) in [7, 11) is 0. The average molecular weight is 346 g/mol. The fourth-order valence-electron chi connectivity index (χ4n) is 2.41. The van der Waals surface area contributed by atoms with Gasteiger partial charge in [-0.25, -0.2) is 9.69 Å². The number of carbonyl (C=O) groups is 1. The third kappa shape index (κ3) is 4.23. The quantitative estimate of drug-likeness (QED) is 0.494. The van der Waals surface area contributed by atoms with Crippen LogP contribution in [0.4, 0.5) is 0 Å². The molecule has 0 aliphatic carbocycles. The summed E-state index contributed by atoms with van der Waals surface area (Å²) in [4.78, 5) is 12.1. The normalized spacial score (nSPS) is 16.8. The molecule has 0 fully saturated rings. The molecule has 0 saturated carbocycles. The lowest BCUT2D eigenvalue weighted by atomic mass is 10.1. The number of aliphatic hydroxyl groups is 2. The number of hydrogen-bond donors (Lipinski definition) is 3. The number of allylic oxidation sites excluding steroid dienone is 4. The van der Waals surface area contributed by atoms with Crippen molar-refractivity contribution in [1.29, 1.82) is 0 Å². The van der Waals surface area contributed by atoms with Crippen molar-refractivity contribution in [2.45, 2.75) is 20.4 Å². The highest BCUT2D eigenvalue weighted by Crippen LogP contribution is 2.22. The molecule has 1 aliphatic heterocycles. The number of β-amino-alcohol motifs (C(OH)–C–C–N with tert-alkyl or cyclic N) is 1. The molecule has 8 nitrogen and oxygen atoms in total. The smallest absolute Gasteiger partial charge is 0.275 e. The van der Waals surface area contributed by atoms with E-state index < -0.39 is 0 Å². The van der Waals surface area contributed by atoms with Crippen LogP contribution in [-0.2, 0) is 11.3 Å². The van der Waals surface area contributed by atoms with Gasteiger partial charge in [-0.1, -0.05) is 18.2 Å². The van der Waals surface area contributed by atoms with E-state index in [0.717, 1.165) is 0 Å². The molecular weight excluding hydrogens is 324 g/mol. The van der Waals surface area contributed by atoms with Gasteiger partial charge in [-0.05, 0) is 26.0 Å².